The van der Waals surface area contributed by atoms with Crippen LogP contribution in [0.2, 0.25) is 0 Å². The van der Waals surface area contributed by atoms with Crippen LogP contribution in [0, 0.1) is 34.0 Å². The number of fused-ring (bicyclic) bond motifs is 1. The molecule has 0 spiro atoms. The van der Waals surface area contributed by atoms with E-state index in [0.29, 0.717) is 13.0 Å². The molecule has 2 heterocycles. The summed E-state index contributed by atoms with van der Waals surface area (Å²) in [6.45, 7) is 9.47. The molecule has 2 aliphatic carbocycles. The fraction of sp³-hybridized carbons (Fsp3) is 0.808. The molecular formula is C26H38F3N5O5. The van der Waals surface area contributed by atoms with Crippen molar-refractivity contribution in [2.24, 2.45) is 39.7 Å². The highest BCUT2D eigenvalue weighted by molar-refractivity contribution is 5.97. The summed E-state index contributed by atoms with van der Waals surface area (Å²) in [5.41, 5.74) is 1.81. The number of hydrogen-bond acceptors (Lipinski definition) is 5. The van der Waals surface area contributed by atoms with Crippen molar-refractivity contribution in [1.82, 2.24) is 20.9 Å². The minimum absolute atomic E-state index is 0.0191. The van der Waals surface area contributed by atoms with E-state index in [1.165, 1.54) is 4.90 Å². The van der Waals surface area contributed by atoms with Crippen molar-refractivity contribution in [3.63, 3.8) is 0 Å². The van der Waals surface area contributed by atoms with Gasteiger partial charge < -0.3 is 26.6 Å². The van der Waals surface area contributed by atoms with Crippen LogP contribution in [0.1, 0.15) is 60.3 Å². The van der Waals surface area contributed by atoms with Crippen LogP contribution in [-0.2, 0) is 24.0 Å². The van der Waals surface area contributed by atoms with E-state index >= 15 is 0 Å². The van der Waals surface area contributed by atoms with Crippen LogP contribution < -0.4 is 21.7 Å². The van der Waals surface area contributed by atoms with Gasteiger partial charge in [0.1, 0.15) is 23.5 Å². The number of likely N-dealkylation sites (tertiary alicyclic amines) is 1. The van der Waals surface area contributed by atoms with Gasteiger partial charge in [0.15, 0.2) is 0 Å². The second kappa shape index (κ2) is 9.36. The molecule has 2 saturated heterocycles. The first-order chi connectivity index (χ1) is 17.8. The van der Waals surface area contributed by atoms with Crippen molar-refractivity contribution < 1.29 is 37.1 Å². The highest BCUT2D eigenvalue weighted by Crippen LogP contribution is 2.65. The van der Waals surface area contributed by atoms with Crippen LogP contribution in [0.3, 0.4) is 0 Å². The third kappa shape index (κ3) is 5.08. The fourth-order valence-electron chi connectivity index (χ4n) is 6.32. The molecule has 4 fully saturated rings. The topological polar surface area (TPSA) is 151 Å². The lowest BCUT2D eigenvalue weighted by molar-refractivity contribution is -0.193. The fourth-order valence-corrected chi connectivity index (χ4v) is 6.32. The number of nitrogens with one attached hydrogen (secondary N) is 3. The molecule has 2 aliphatic heterocycles. The monoisotopic (exact) mass is 557 g/mol. The van der Waals surface area contributed by atoms with Gasteiger partial charge in [-0.1, -0.05) is 34.6 Å². The van der Waals surface area contributed by atoms with E-state index in [1.54, 1.807) is 20.8 Å². The highest BCUT2D eigenvalue weighted by Gasteiger charge is 2.71. The van der Waals surface area contributed by atoms with E-state index in [1.807, 2.05) is 13.8 Å². The van der Waals surface area contributed by atoms with Gasteiger partial charge in [0.25, 0.3) is 0 Å². The minimum Gasteiger partial charge on any atom is -0.368 e. The molecule has 4 rings (SSSR count). The van der Waals surface area contributed by atoms with Gasteiger partial charge in [-0.2, -0.15) is 13.2 Å². The molecule has 218 valence electrons. The zero-order chi connectivity index (χ0) is 29.3. The number of alkyl halides is 3. The number of carbonyl (C=O) groups is 5. The SMILES string of the molecule is CC(C)(C)[C@H](NC(=O)C1(C(F)(F)F)CC1)C(=O)N1C[C@H]2[C@@H]([C@H]1C(=O)N[C@@H](C[C@@H]1CCNC1=O)C(N)=O)C2(C)C. The van der Waals surface area contributed by atoms with Crippen LogP contribution >= 0.6 is 0 Å². The Balaban J connectivity index is 1.55. The molecular weight excluding hydrogens is 519 g/mol. The molecule has 5 amide bonds. The maximum Gasteiger partial charge on any atom is 0.403 e. The molecule has 0 bridgehead atoms. The number of primary amides is 1. The van der Waals surface area contributed by atoms with Gasteiger partial charge in [-0.05, 0) is 48.3 Å². The predicted octanol–water partition coefficient (Wildman–Crippen LogP) is 0.839. The lowest BCUT2D eigenvalue weighted by Gasteiger charge is -2.38. The Morgan fingerprint density at radius 3 is 2.21 bits per heavy atom. The summed E-state index contributed by atoms with van der Waals surface area (Å²) in [6, 6.07) is -3.45. The number of nitrogens with zero attached hydrogens (tertiary/aromatic N) is 1. The van der Waals surface area contributed by atoms with Crippen LogP contribution in [0.4, 0.5) is 13.2 Å². The van der Waals surface area contributed by atoms with Gasteiger partial charge in [-0.25, -0.2) is 0 Å². The lowest BCUT2D eigenvalue weighted by Crippen LogP contribution is -2.61. The molecule has 0 aromatic heterocycles. The number of hydrogen-bond donors (Lipinski definition) is 4. The van der Waals surface area contributed by atoms with Crippen molar-refractivity contribution >= 4 is 29.5 Å². The Morgan fingerprint density at radius 2 is 1.74 bits per heavy atom. The Kier molecular flexibility index (Phi) is 6.99. The summed E-state index contributed by atoms with van der Waals surface area (Å²) in [6.07, 6.45) is -4.89. The lowest BCUT2D eigenvalue weighted by atomic mass is 9.84. The van der Waals surface area contributed by atoms with Crippen molar-refractivity contribution in [2.75, 3.05) is 13.1 Å². The summed E-state index contributed by atoms with van der Waals surface area (Å²) in [7, 11) is 0. The predicted molar refractivity (Wildman–Crippen MR) is 132 cm³/mol. The number of nitrogens with two attached hydrogens (primary N) is 1. The third-order valence-corrected chi connectivity index (χ3v) is 9.22. The van der Waals surface area contributed by atoms with Gasteiger partial charge in [0.2, 0.25) is 29.5 Å². The van der Waals surface area contributed by atoms with Gasteiger partial charge in [-0.15, -0.1) is 0 Å². The maximum absolute atomic E-state index is 13.9. The molecule has 10 nitrogen and oxygen atoms in total. The Morgan fingerprint density at radius 1 is 1.13 bits per heavy atom. The van der Waals surface area contributed by atoms with Crippen molar-refractivity contribution in [1.29, 1.82) is 0 Å². The van der Waals surface area contributed by atoms with Crippen LogP contribution in [-0.4, -0.2) is 71.8 Å². The molecule has 0 aromatic carbocycles. The molecule has 13 heteroatoms. The second-order valence-corrected chi connectivity index (χ2v) is 13.2. The Hall–Kier alpha value is -2.86. The molecule has 6 atom stereocenters. The quantitative estimate of drug-likeness (QED) is 0.349. The highest BCUT2D eigenvalue weighted by atomic mass is 19.4. The molecule has 0 radical (unpaired) electrons. The Labute approximate surface area is 225 Å². The molecule has 4 aliphatic rings. The van der Waals surface area contributed by atoms with E-state index in [-0.39, 0.29) is 49.0 Å². The largest absolute Gasteiger partial charge is 0.403 e. The van der Waals surface area contributed by atoms with Gasteiger partial charge in [-0.3, -0.25) is 24.0 Å². The zero-order valence-electron chi connectivity index (χ0n) is 22.9. The van der Waals surface area contributed by atoms with Crippen molar-refractivity contribution in [2.45, 2.75) is 84.6 Å². The number of rotatable bonds is 8. The molecule has 0 unspecified atom stereocenters. The third-order valence-electron chi connectivity index (χ3n) is 9.22. The van der Waals surface area contributed by atoms with Gasteiger partial charge in [0.05, 0.1) is 0 Å². The summed E-state index contributed by atoms with van der Waals surface area (Å²) < 4.78 is 40.8. The smallest absolute Gasteiger partial charge is 0.368 e. The number of piperidine rings is 1. The van der Waals surface area contributed by atoms with Gasteiger partial charge in [0, 0.05) is 19.0 Å². The Bertz CT molecular complexity index is 1080. The summed E-state index contributed by atoms with van der Waals surface area (Å²) in [4.78, 5) is 65.8. The average Bonchev–Trinajstić information content (AvgIpc) is 3.58. The zero-order valence-corrected chi connectivity index (χ0v) is 22.9. The first-order valence-corrected chi connectivity index (χ1v) is 13.4. The average molecular weight is 558 g/mol. The molecule has 2 saturated carbocycles. The van der Waals surface area contributed by atoms with Gasteiger partial charge >= 0.3 is 6.18 Å². The van der Waals surface area contributed by atoms with E-state index < -0.39 is 64.7 Å². The minimum atomic E-state index is -4.73. The first-order valence-electron chi connectivity index (χ1n) is 13.4. The van der Waals surface area contributed by atoms with Crippen LogP contribution in [0.5, 0.6) is 0 Å². The molecule has 5 N–H and O–H groups in total. The van der Waals surface area contributed by atoms with E-state index in [4.69, 9.17) is 5.73 Å². The number of carbonyl (C=O) groups excluding carboxylic acids is 5. The molecule has 0 aromatic rings. The van der Waals surface area contributed by atoms with Crippen molar-refractivity contribution in [3.05, 3.63) is 0 Å². The van der Waals surface area contributed by atoms with Crippen LogP contribution in [0.15, 0.2) is 0 Å². The van der Waals surface area contributed by atoms with Crippen LogP contribution in [0.25, 0.3) is 0 Å². The summed E-state index contributed by atoms with van der Waals surface area (Å²) in [5.74, 6) is -4.31. The van der Waals surface area contributed by atoms with E-state index in [0.717, 1.165) is 0 Å². The first kappa shape index (κ1) is 29.1. The number of halogens is 3. The van der Waals surface area contributed by atoms with E-state index in [2.05, 4.69) is 16.0 Å². The summed E-state index contributed by atoms with van der Waals surface area (Å²) in [5, 5.41) is 7.67. The van der Waals surface area contributed by atoms with E-state index in [9.17, 15) is 37.1 Å². The molecule has 39 heavy (non-hydrogen) atoms. The number of amides is 5. The maximum atomic E-state index is 13.9. The normalized spacial score (nSPS) is 30.1. The summed E-state index contributed by atoms with van der Waals surface area (Å²) >= 11 is 0. The van der Waals surface area contributed by atoms with Crippen molar-refractivity contribution in [3.8, 4) is 0 Å². The second-order valence-electron chi connectivity index (χ2n) is 13.2. The standard InChI is InChI=1S/C26H38F3N5O5/c1-23(2,3)17(33-22(39)25(7-8-25)26(27,28)29)21(38)34-11-13-15(24(13,4)5)16(34)20(37)32-14(18(30)35)10-12-6-9-31-19(12)36/h12-17H,6-11H2,1-5H3,(H2,30,35)(H,31,36)(H,32,37)(H,33,39)/t12-,13-,14-,15-,16-,17+/m0/s1.